The Morgan fingerprint density at radius 3 is 2.37 bits per heavy atom. The van der Waals surface area contributed by atoms with Crippen LogP contribution in [0.25, 0.3) is 0 Å². The second-order valence-corrected chi connectivity index (χ2v) is 6.36. The molecule has 1 heterocycles. The Bertz CT molecular complexity index is 188. The Morgan fingerprint density at radius 2 is 1.74 bits per heavy atom. The van der Waals surface area contributed by atoms with E-state index >= 15 is 0 Å². The monoisotopic (exact) mass is 268 g/mol. The first kappa shape index (κ1) is 17.0. The van der Waals surface area contributed by atoms with Crippen LogP contribution < -0.4 is 10.6 Å². The summed E-state index contributed by atoms with van der Waals surface area (Å²) in [5, 5.41) is 7.26. The van der Waals surface area contributed by atoms with Gasteiger partial charge in [0.2, 0.25) is 0 Å². The predicted octanol–water partition coefficient (Wildman–Crippen LogP) is 4.25. The van der Waals surface area contributed by atoms with E-state index in [2.05, 4.69) is 24.5 Å². The summed E-state index contributed by atoms with van der Waals surface area (Å²) < 4.78 is 0. The highest BCUT2D eigenvalue weighted by Crippen LogP contribution is 2.11. The van der Waals surface area contributed by atoms with Crippen LogP contribution in [0.4, 0.5) is 0 Å². The standard InChI is InChI=1S/C17H36N2/c1-3-4-5-6-7-8-9-10-13-18-16(2)15-17-12-11-14-19-17/h16-19H,3-15H2,1-2H3. The van der Waals surface area contributed by atoms with Crippen LogP contribution in [-0.4, -0.2) is 25.2 Å². The fraction of sp³-hybridized carbons (Fsp3) is 1.00. The smallest absolute Gasteiger partial charge is 0.00822 e. The first-order chi connectivity index (χ1) is 9.33. The molecule has 0 amide bonds. The highest BCUT2D eigenvalue weighted by molar-refractivity contribution is 4.78. The van der Waals surface area contributed by atoms with E-state index in [1.165, 1.54) is 83.7 Å². The predicted molar refractivity (Wildman–Crippen MR) is 85.7 cm³/mol. The average Bonchev–Trinajstić information content (AvgIpc) is 2.89. The fourth-order valence-corrected chi connectivity index (χ4v) is 3.08. The maximum absolute atomic E-state index is 3.68. The van der Waals surface area contributed by atoms with Crippen molar-refractivity contribution >= 4 is 0 Å². The molecule has 2 N–H and O–H groups in total. The van der Waals surface area contributed by atoms with E-state index < -0.39 is 0 Å². The van der Waals surface area contributed by atoms with E-state index in [-0.39, 0.29) is 0 Å². The fourth-order valence-electron chi connectivity index (χ4n) is 3.08. The van der Waals surface area contributed by atoms with E-state index in [1.807, 2.05) is 0 Å². The van der Waals surface area contributed by atoms with Gasteiger partial charge < -0.3 is 10.6 Å². The summed E-state index contributed by atoms with van der Waals surface area (Å²) in [6.45, 7) is 7.07. The van der Waals surface area contributed by atoms with Gasteiger partial charge in [-0.05, 0) is 45.7 Å². The third-order valence-electron chi connectivity index (χ3n) is 4.32. The van der Waals surface area contributed by atoms with Gasteiger partial charge in [0.25, 0.3) is 0 Å². The third-order valence-corrected chi connectivity index (χ3v) is 4.32. The molecular formula is C17H36N2. The second-order valence-electron chi connectivity index (χ2n) is 6.36. The zero-order valence-electron chi connectivity index (χ0n) is 13.3. The molecule has 0 aromatic carbocycles. The highest BCUT2D eigenvalue weighted by Gasteiger charge is 2.16. The van der Waals surface area contributed by atoms with Crippen molar-refractivity contribution in [1.29, 1.82) is 0 Å². The summed E-state index contributed by atoms with van der Waals surface area (Å²) in [4.78, 5) is 0. The number of unbranched alkanes of at least 4 members (excludes halogenated alkanes) is 7. The molecular weight excluding hydrogens is 232 g/mol. The van der Waals surface area contributed by atoms with Crippen LogP contribution in [0, 0.1) is 0 Å². The Kier molecular flexibility index (Phi) is 10.5. The van der Waals surface area contributed by atoms with Crippen molar-refractivity contribution in [1.82, 2.24) is 10.6 Å². The number of hydrogen-bond donors (Lipinski definition) is 2. The largest absolute Gasteiger partial charge is 0.314 e. The summed E-state index contributed by atoms with van der Waals surface area (Å²) in [5.41, 5.74) is 0. The van der Waals surface area contributed by atoms with Crippen LogP contribution in [0.5, 0.6) is 0 Å². The molecule has 1 saturated heterocycles. The van der Waals surface area contributed by atoms with Gasteiger partial charge in [-0.3, -0.25) is 0 Å². The summed E-state index contributed by atoms with van der Waals surface area (Å²) in [6, 6.07) is 1.46. The summed E-state index contributed by atoms with van der Waals surface area (Å²) >= 11 is 0. The Labute approximate surface area is 121 Å². The average molecular weight is 268 g/mol. The molecule has 2 unspecified atom stereocenters. The number of rotatable bonds is 12. The summed E-state index contributed by atoms with van der Waals surface area (Å²) in [6.07, 6.45) is 15.4. The SMILES string of the molecule is CCCCCCCCCCNC(C)CC1CCCN1. The van der Waals surface area contributed by atoms with Gasteiger partial charge in [0.15, 0.2) is 0 Å². The van der Waals surface area contributed by atoms with Crippen LogP contribution in [0.15, 0.2) is 0 Å². The third kappa shape index (κ3) is 9.45. The van der Waals surface area contributed by atoms with E-state index in [9.17, 15) is 0 Å². The van der Waals surface area contributed by atoms with Gasteiger partial charge in [-0.25, -0.2) is 0 Å². The minimum atomic E-state index is 0.681. The van der Waals surface area contributed by atoms with Crippen molar-refractivity contribution in [2.75, 3.05) is 13.1 Å². The first-order valence-electron chi connectivity index (χ1n) is 8.79. The zero-order chi connectivity index (χ0) is 13.8. The number of hydrogen-bond acceptors (Lipinski definition) is 2. The molecule has 0 aromatic heterocycles. The van der Waals surface area contributed by atoms with Crippen molar-refractivity contribution in [3.8, 4) is 0 Å². The van der Waals surface area contributed by atoms with E-state index in [1.54, 1.807) is 0 Å². The van der Waals surface area contributed by atoms with Crippen LogP contribution in [0.1, 0.15) is 84.5 Å². The molecule has 1 fully saturated rings. The lowest BCUT2D eigenvalue weighted by atomic mass is 10.1. The lowest BCUT2D eigenvalue weighted by Gasteiger charge is -2.18. The van der Waals surface area contributed by atoms with Crippen molar-refractivity contribution in [3.05, 3.63) is 0 Å². The molecule has 2 heteroatoms. The molecule has 1 aliphatic rings. The minimum absolute atomic E-state index is 0.681. The normalized spacial score (nSPS) is 20.8. The first-order valence-corrected chi connectivity index (χ1v) is 8.79. The van der Waals surface area contributed by atoms with Gasteiger partial charge in [-0.2, -0.15) is 0 Å². The van der Waals surface area contributed by atoms with Gasteiger partial charge in [0, 0.05) is 12.1 Å². The van der Waals surface area contributed by atoms with Crippen molar-refractivity contribution in [2.45, 2.75) is 96.6 Å². The van der Waals surface area contributed by atoms with Gasteiger partial charge >= 0.3 is 0 Å². The summed E-state index contributed by atoms with van der Waals surface area (Å²) in [7, 11) is 0. The van der Waals surface area contributed by atoms with E-state index in [4.69, 9.17) is 0 Å². The van der Waals surface area contributed by atoms with E-state index in [0.29, 0.717) is 6.04 Å². The van der Waals surface area contributed by atoms with Crippen LogP contribution in [0.3, 0.4) is 0 Å². The van der Waals surface area contributed by atoms with Crippen molar-refractivity contribution in [3.63, 3.8) is 0 Å². The Hall–Kier alpha value is -0.0800. The van der Waals surface area contributed by atoms with Gasteiger partial charge in [-0.15, -0.1) is 0 Å². The molecule has 0 aromatic rings. The zero-order valence-corrected chi connectivity index (χ0v) is 13.3. The van der Waals surface area contributed by atoms with Crippen molar-refractivity contribution < 1.29 is 0 Å². The lowest BCUT2D eigenvalue weighted by molar-refractivity contribution is 0.433. The molecule has 114 valence electrons. The lowest BCUT2D eigenvalue weighted by Crippen LogP contribution is -2.34. The molecule has 0 saturated carbocycles. The molecule has 19 heavy (non-hydrogen) atoms. The molecule has 0 spiro atoms. The summed E-state index contributed by atoms with van der Waals surface area (Å²) in [5.74, 6) is 0. The Balaban J connectivity index is 1.79. The van der Waals surface area contributed by atoms with Crippen LogP contribution in [0.2, 0.25) is 0 Å². The van der Waals surface area contributed by atoms with Gasteiger partial charge in [-0.1, -0.05) is 51.9 Å². The molecule has 0 bridgehead atoms. The molecule has 0 radical (unpaired) electrons. The molecule has 2 nitrogen and oxygen atoms in total. The molecule has 1 rings (SSSR count). The second kappa shape index (κ2) is 11.7. The topological polar surface area (TPSA) is 24.1 Å². The van der Waals surface area contributed by atoms with E-state index in [0.717, 1.165) is 6.04 Å². The molecule has 0 aliphatic carbocycles. The molecule has 1 aliphatic heterocycles. The Morgan fingerprint density at radius 1 is 1.05 bits per heavy atom. The molecule has 2 atom stereocenters. The maximum atomic E-state index is 3.68. The van der Waals surface area contributed by atoms with Gasteiger partial charge in [0.1, 0.15) is 0 Å². The van der Waals surface area contributed by atoms with Crippen molar-refractivity contribution in [2.24, 2.45) is 0 Å². The minimum Gasteiger partial charge on any atom is -0.314 e. The highest BCUT2D eigenvalue weighted by atomic mass is 15.0. The quantitative estimate of drug-likeness (QED) is 0.517. The van der Waals surface area contributed by atoms with Crippen LogP contribution in [-0.2, 0) is 0 Å². The van der Waals surface area contributed by atoms with Gasteiger partial charge in [0.05, 0.1) is 0 Å². The van der Waals surface area contributed by atoms with Crippen LogP contribution >= 0.6 is 0 Å². The number of nitrogens with one attached hydrogen (secondary N) is 2. The maximum Gasteiger partial charge on any atom is 0.00822 e.